The van der Waals surface area contributed by atoms with Crippen LogP contribution in [0.3, 0.4) is 0 Å². The largest absolute Gasteiger partial charge is 0.456 e. The molecule has 0 unspecified atom stereocenters. The lowest BCUT2D eigenvalue weighted by Gasteiger charge is -2.28. The molecule has 1 aliphatic rings. The van der Waals surface area contributed by atoms with E-state index in [2.05, 4.69) is 35.6 Å². The zero-order chi connectivity index (χ0) is 10.8. The fourth-order valence-corrected chi connectivity index (χ4v) is 2.69. The summed E-state index contributed by atoms with van der Waals surface area (Å²) < 4.78 is 5.81. The highest BCUT2D eigenvalue weighted by molar-refractivity contribution is 14.1. The lowest BCUT2D eigenvalue weighted by atomic mass is 9.97. The zero-order valence-corrected chi connectivity index (χ0v) is 10.7. The lowest BCUT2D eigenvalue weighted by Crippen LogP contribution is -2.26. The first-order valence-corrected chi connectivity index (χ1v) is 6.32. The molecule has 3 heteroatoms. The van der Waals surface area contributed by atoms with E-state index < -0.39 is 0 Å². The molecule has 1 aromatic carbocycles. The Morgan fingerprint density at radius 3 is 2.87 bits per heavy atom. The standard InChI is InChI=1S/C12H13IO2/c1-8-4-2-3-5-9(8)12-10(13)6-7-11(14)15-12/h2-5,10,12H,6-7H2,1H3/t10-,12-/m0/s1. The second kappa shape index (κ2) is 4.51. The monoisotopic (exact) mass is 316 g/mol. The molecular weight excluding hydrogens is 303 g/mol. The number of carbonyl (C=O) groups is 1. The summed E-state index contributed by atoms with van der Waals surface area (Å²) in [6.07, 6.45) is 1.40. The SMILES string of the molecule is Cc1ccccc1[C@@H]1OC(=O)CC[C@@H]1I. The number of ether oxygens (including phenoxy) is 1. The van der Waals surface area contributed by atoms with Crippen molar-refractivity contribution in [2.75, 3.05) is 0 Å². The number of aryl methyl sites for hydroxylation is 1. The van der Waals surface area contributed by atoms with Crippen molar-refractivity contribution in [3.63, 3.8) is 0 Å². The van der Waals surface area contributed by atoms with Crippen LogP contribution in [0, 0.1) is 6.92 Å². The molecule has 2 rings (SSSR count). The molecule has 1 aliphatic heterocycles. The summed E-state index contributed by atoms with van der Waals surface area (Å²) in [5.74, 6) is -0.0730. The summed E-state index contributed by atoms with van der Waals surface area (Å²) in [5.41, 5.74) is 2.34. The molecule has 0 N–H and O–H groups in total. The Morgan fingerprint density at radius 1 is 1.40 bits per heavy atom. The number of hydrogen-bond acceptors (Lipinski definition) is 2. The summed E-state index contributed by atoms with van der Waals surface area (Å²) >= 11 is 2.37. The molecule has 1 fully saturated rings. The first-order valence-electron chi connectivity index (χ1n) is 5.07. The third-order valence-corrected chi connectivity index (χ3v) is 3.98. The quantitative estimate of drug-likeness (QED) is 0.452. The molecule has 0 aromatic heterocycles. The number of carbonyl (C=O) groups excluding carboxylic acids is 1. The number of hydrogen-bond donors (Lipinski definition) is 0. The van der Waals surface area contributed by atoms with Gasteiger partial charge in [-0.2, -0.15) is 0 Å². The minimum Gasteiger partial charge on any atom is -0.456 e. The molecule has 1 saturated heterocycles. The molecule has 0 radical (unpaired) electrons. The second-order valence-electron chi connectivity index (χ2n) is 3.82. The number of rotatable bonds is 1. The van der Waals surface area contributed by atoms with Gasteiger partial charge in [0.25, 0.3) is 0 Å². The van der Waals surface area contributed by atoms with Crippen LogP contribution < -0.4 is 0 Å². The summed E-state index contributed by atoms with van der Waals surface area (Å²) in [6.45, 7) is 2.06. The molecule has 0 amide bonds. The molecule has 1 aromatic rings. The molecule has 0 spiro atoms. The molecule has 1 heterocycles. The fraction of sp³-hybridized carbons (Fsp3) is 0.417. The maximum atomic E-state index is 11.3. The van der Waals surface area contributed by atoms with Crippen molar-refractivity contribution < 1.29 is 9.53 Å². The zero-order valence-electron chi connectivity index (χ0n) is 8.57. The minimum atomic E-state index is -0.0730. The molecule has 0 saturated carbocycles. The van der Waals surface area contributed by atoms with Crippen molar-refractivity contribution in [1.82, 2.24) is 0 Å². The van der Waals surface area contributed by atoms with Gasteiger partial charge in [0.1, 0.15) is 6.10 Å². The van der Waals surface area contributed by atoms with Crippen molar-refractivity contribution in [2.45, 2.75) is 29.8 Å². The van der Waals surface area contributed by atoms with E-state index in [1.807, 2.05) is 18.2 Å². The van der Waals surface area contributed by atoms with Gasteiger partial charge in [-0.05, 0) is 24.5 Å². The van der Waals surface area contributed by atoms with E-state index in [1.165, 1.54) is 5.56 Å². The maximum Gasteiger partial charge on any atom is 0.306 e. The van der Waals surface area contributed by atoms with Crippen LogP contribution in [-0.2, 0) is 9.53 Å². The normalized spacial score (nSPS) is 26.1. The topological polar surface area (TPSA) is 26.3 Å². The number of alkyl halides is 1. The van der Waals surface area contributed by atoms with Crippen molar-refractivity contribution in [3.05, 3.63) is 35.4 Å². The summed E-state index contributed by atoms with van der Waals surface area (Å²) in [7, 11) is 0. The summed E-state index contributed by atoms with van der Waals surface area (Å²) in [4.78, 5) is 11.3. The van der Waals surface area contributed by atoms with Gasteiger partial charge in [0.2, 0.25) is 0 Å². The van der Waals surface area contributed by atoms with Crippen LogP contribution in [0.15, 0.2) is 24.3 Å². The van der Waals surface area contributed by atoms with Crippen LogP contribution in [-0.4, -0.2) is 9.89 Å². The van der Waals surface area contributed by atoms with Crippen molar-refractivity contribution in [3.8, 4) is 0 Å². The predicted octanol–water partition coefficient (Wildman–Crippen LogP) is 3.18. The number of halogens is 1. The fourth-order valence-electron chi connectivity index (χ4n) is 1.85. The van der Waals surface area contributed by atoms with E-state index in [4.69, 9.17) is 4.74 Å². The van der Waals surface area contributed by atoms with Crippen LogP contribution in [0.4, 0.5) is 0 Å². The summed E-state index contributed by atoms with van der Waals surface area (Å²) in [5, 5.41) is 0. The highest BCUT2D eigenvalue weighted by Crippen LogP contribution is 2.35. The Hall–Kier alpha value is -0.580. The Morgan fingerprint density at radius 2 is 2.13 bits per heavy atom. The van der Waals surface area contributed by atoms with Crippen LogP contribution >= 0.6 is 22.6 Å². The number of esters is 1. The molecular formula is C12H13IO2. The van der Waals surface area contributed by atoms with Crippen LogP contribution in [0.2, 0.25) is 0 Å². The van der Waals surface area contributed by atoms with Crippen molar-refractivity contribution >= 4 is 28.6 Å². The third-order valence-electron chi connectivity index (χ3n) is 2.71. The second-order valence-corrected chi connectivity index (χ2v) is 5.42. The Bertz CT molecular complexity index is 376. The molecule has 15 heavy (non-hydrogen) atoms. The first-order chi connectivity index (χ1) is 7.18. The van der Waals surface area contributed by atoms with E-state index >= 15 is 0 Å². The van der Waals surface area contributed by atoms with Gasteiger partial charge >= 0.3 is 5.97 Å². The Kier molecular flexibility index (Phi) is 3.29. The van der Waals surface area contributed by atoms with E-state index in [0.29, 0.717) is 10.3 Å². The average Bonchev–Trinajstić information content (AvgIpc) is 2.23. The Labute approximate surface area is 103 Å². The number of cyclic esters (lactones) is 1. The highest BCUT2D eigenvalue weighted by atomic mass is 127. The molecule has 0 aliphatic carbocycles. The van der Waals surface area contributed by atoms with Crippen LogP contribution in [0.5, 0.6) is 0 Å². The van der Waals surface area contributed by atoms with Gasteiger partial charge in [-0.1, -0.05) is 46.9 Å². The van der Waals surface area contributed by atoms with Crippen molar-refractivity contribution in [2.24, 2.45) is 0 Å². The Balaban J connectivity index is 2.29. The van der Waals surface area contributed by atoms with Crippen LogP contribution in [0.25, 0.3) is 0 Å². The van der Waals surface area contributed by atoms with Crippen LogP contribution in [0.1, 0.15) is 30.1 Å². The van der Waals surface area contributed by atoms with E-state index in [-0.39, 0.29) is 12.1 Å². The van der Waals surface area contributed by atoms with E-state index in [9.17, 15) is 4.79 Å². The van der Waals surface area contributed by atoms with Crippen molar-refractivity contribution in [1.29, 1.82) is 0 Å². The minimum absolute atomic E-state index is 0.0620. The van der Waals surface area contributed by atoms with Gasteiger partial charge in [0.15, 0.2) is 0 Å². The molecule has 0 bridgehead atoms. The lowest BCUT2D eigenvalue weighted by molar-refractivity contribution is -0.153. The molecule has 2 atom stereocenters. The highest BCUT2D eigenvalue weighted by Gasteiger charge is 2.30. The van der Waals surface area contributed by atoms with Gasteiger partial charge in [-0.25, -0.2) is 0 Å². The van der Waals surface area contributed by atoms with Gasteiger partial charge in [0.05, 0.1) is 3.92 Å². The smallest absolute Gasteiger partial charge is 0.306 e. The predicted molar refractivity (Wildman–Crippen MR) is 67.1 cm³/mol. The third kappa shape index (κ3) is 2.33. The molecule has 80 valence electrons. The van der Waals surface area contributed by atoms with Gasteiger partial charge in [0, 0.05) is 6.42 Å². The average molecular weight is 316 g/mol. The van der Waals surface area contributed by atoms with Gasteiger partial charge in [-0.15, -0.1) is 0 Å². The maximum absolute atomic E-state index is 11.3. The van der Waals surface area contributed by atoms with Gasteiger partial charge in [-0.3, -0.25) is 4.79 Å². The first kappa shape index (κ1) is 10.9. The van der Waals surface area contributed by atoms with E-state index in [0.717, 1.165) is 12.0 Å². The van der Waals surface area contributed by atoms with E-state index in [1.54, 1.807) is 0 Å². The van der Waals surface area contributed by atoms with Gasteiger partial charge < -0.3 is 4.74 Å². The summed E-state index contributed by atoms with van der Waals surface area (Å²) in [6, 6.07) is 8.10. The molecule has 2 nitrogen and oxygen atoms in total. The number of benzene rings is 1.